The zero-order valence-electron chi connectivity index (χ0n) is 16.9. The summed E-state index contributed by atoms with van der Waals surface area (Å²) in [7, 11) is 2.17. The molecule has 0 spiro atoms. The molecular weight excluding hydrogens is 363 g/mol. The standard InChI is InChI=1S/C24H27FN4/c1-28-13-15-29(16-14-28)18-11-9-17(10-12-18)26-24-19-5-2-3-7-21(19)27-22-8-4-6-20(25)23(22)24/h4,6,8-12H,2-3,5,7,13-16H2,1H3,(H,26,27). The summed E-state index contributed by atoms with van der Waals surface area (Å²) in [6, 6.07) is 13.7. The van der Waals surface area contributed by atoms with Crippen LogP contribution in [0.4, 0.5) is 21.5 Å². The molecule has 0 radical (unpaired) electrons. The molecule has 4 nitrogen and oxygen atoms in total. The van der Waals surface area contributed by atoms with Crippen molar-refractivity contribution in [3.05, 3.63) is 59.5 Å². The molecule has 2 aromatic carbocycles. The molecule has 2 aliphatic rings. The molecule has 0 bridgehead atoms. The summed E-state index contributed by atoms with van der Waals surface area (Å²) in [5.74, 6) is -0.208. The first-order chi connectivity index (χ1) is 14.2. The molecule has 29 heavy (non-hydrogen) atoms. The second kappa shape index (κ2) is 7.64. The van der Waals surface area contributed by atoms with Gasteiger partial charge >= 0.3 is 0 Å². The van der Waals surface area contributed by atoms with Gasteiger partial charge in [-0.15, -0.1) is 0 Å². The summed E-state index contributed by atoms with van der Waals surface area (Å²) >= 11 is 0. The number of fused-ring (bicyclic) bond motifs is 2. The van der Waals surface area contributed by atoms with Crippen molar-refractivity contribution < 1.29 is 4.39 Å². The van der Waals surface area contributed by atoms with Gasteiger partial charge in [-0.25, -0.2) is 4.39 Å². The van der Waals surface area contributed by atoms with E-state index in [0.29, 0.717) is 5.39 Å². The smallest absolute Gasteiger partial charge is 0.134 e. The Bertz CT molecular complexity index is 1020. The van der Waals surface area contributed by atoms with Gasteiger partial charge in [-0.3, -0.25) is 4.98 Å². The third-order valence-corrected chi connectivity index (χ3v) is 6.24. The molecular formula is C24H27FN4. The summed E-state index contributed by atoms with van der Waals surface area (Å²) in [6.07, 6.45) is 4.21. The number of piperazine rings is 1. The van der Waals surface area contributed by atoms with E-state index in [0.717, 1.165) is 74.4 Å². The number of nitrogens with one attached hydrogen (secondary N) is 1. The fraction of sp³-hybridized carbons (Fsp3) is 0.375. The Hall–Kier alpha value is -2.66. The van der Waals surface area contributed by atoms with E-state index in [-0.39, 0.29) is 5.82 Å². The molecule has 3 aromatic rings. The van der Waals surface area contributed by atoms with Crippen molar-refractivity contribution in [2.45, 2.75) is 25.7 Å². The third kappa shape index (κ3) is 3.55. The van der Waals surface area contributed by atoms with Gasteiger partial charge in [0, 0.05) is 43.2 Å². The summed E-state index contributed by atoms with van der Waals surface area (Å²) in [4.78, 5) is 9.55. The van der Waals surface area contributed by atoms with Gasteiger partial charge in [-0.2, -0.15) is 0 Å². The summed E-state index contributed by atoms with van der Waals surface area (Å²) < 4.78 is 14.8. The number of benzene rings is 2. The number of pyridine rings is 1. The highest BCUT2D eigenvalue weighted by Crippen LogP contribution is 2.36. The van der Waals surface area contributed by atoms with E-state index in [1.54, 1.807) is 6.07 Å². The first-order valence-corrected chi connectivity index (χ1v) is 10.6. The number of halogens is 1. The predicted octanol–water partition coefficient (Wildman–Crippen LogP) is 4.75. The minimum Gasteiger partial charge on any atom is -0.369 e. The molecule has 5 rings (SSSR count). The Morgan fingerprint density at radius 3 is 2.48 bits per heavy atom. The number of anilines is 3. The van der Waals surface area contributed by atoms with Crippen LogP contribution < -0.4 is 10.2 Å². The Morgan fingerprint density at radius 1 is 0.931 bits per heavy atom. The van der Waals surface area contributed by atoms with Gasteiger partial charge in [0.05, 0.1) is 16.6 Å². The van der Waals surface area contributed by atoms with E-state index in [9.17, 15) is 4.39 Å². The summed E-state index contributed by atoms with van der Waals surface area (Å²) in [5.41, 5.74) is 6.17. The van der Waals surface area contributed by atoms with Gasteiger partial charge in [-0.05, 0) is 74.7 Å². The molecule has 0 unspecified atom stereocenters. The number of rotatable bonds is 3. The average molecular weight is 391 g/mol. The lowest BCUT2D eigenvalue weighted by molar-refractivity contribution is 0.313. The molecule has 1 aliphatic heterocycles. The van der Waals surface area contributed by atoms with Gasteiger partial charge in [0.15, 0.2) is 0 Å². The normalized spacial score (nSPS) is 17.4. The average Bonchev–Trinajstić information content (AvgIpc) is 2.75. The van der Waals surface area contributed by atoms with Crippen molar-refractivity contribution in [3.63, 3.8) is 0 Å². The minimum atomic E-state index is -0.208. The van der Waals surface area contributed by atoms with Crippen LogP contribution in [0.25, 0.3) is 10.9 Å². The second-order valence-electron chi connectivity index (χ2n) is 8.22. The Kier molecular flexibility index (Phi) is 4.84. The number of nitrogens with zero attached hydrogens (tertiary/aromatic N) is 3. The topological polar surface area (TPSA) is 31.4 Å². The maximum absolute atomic E-state index is 14.8. The molecule has 150 valence electrons. The van der Waals surface area contributed by atoms with Crippen LogP contribution in [0.5, 0.6) is 0 Å². The number of hydrogen-bond acceptors (Lipinski definition) is 4. The molecule has 1 N–H and O–H groups in total. The molecule has 0 saturated carbocycles. The lowest BCUT2D eigenvalue weighted by atomic mass is 9.92. The molecule has 1 fully saturated rings. The van der Waals surface area contributed by atoms with Crippen LogP contribution >= 0.6 is 0 Å². The SMILES string of the molecule is CN1CCN(c2ccc(Nc3c4c(nc5cccc(F)c35)CCCC4)cc2)CC1. The highest BCUT2D eigenvalue weighted by Gasteiger charge is 2.20. The largest absolute Gasteiger partial charge is 0.369 e. The van der Waals surface area contributed by atoms with Crippen LogP contribution in [0.3, 0.4) is 0 Å². The van der Waals surface area contributed by atoms with Gasteiger partial charge in [0.25, 0.3) is 0 Å². The van der Waals surface area contributed by atoms with Crippen molar-refractivity contribution >= 4 is 28.0 Å². The molecule has 1 saturated heterocycles. The van der Waals surface area contributed by atoms with Crippen LogP contribution in [0.2, 0.25) is 0 Å². The second-order valence-corrected chi connectivity index (χ2v) is 8.22. The maximum atomic E-state index is 14.8. The lowest BCUT2D eigenvalue weighted by Crippen LogP contribution is -2.44. The summed E-state index contributed by atoms with van der Waals surface area (Å²) in [5, 5.41) is 4.15. The van der Waals surface area contributed by atoms with Gasteiger partial charge in [-0.1, -0.05) is 6.07 Å². The van der Waals surface area contributed by atoms with Crippen molar-refractivity contribution in [1.82, 2.24) is 9.88 Å². The fourth-order valence-electron chi connectivity index (χ4n) is 4.53. The predicted molar refractivity (Wildman–Crippen MR) is 118 cm³/mol. The van der Waals surface area contributed by atoms with E-state index in [1.165, 1.54) is 17.3 Å². The zero-order valence-corrected chi connectivity index (χ0v) is 16.9. The van der Waals surface area contributed by atoms with Crippen LogP contribution in [0.1, 0.15) is 24.1 Å². The van der Waals surface area contributed by atoms with Gasteiger partial charge in [0.1, 0.15) is 5.82 Å². The van der Waals surface area contributed by atoms with Crippen molar-refractivity contribution in [1.29, 1.82) is 0 Å². The number of likely N-dealkylation sites (N-methyl/N-ethyl adjacent to an activating group) is 1. The van der Waals surface area contributed by atoms with Crippen molar-refractivity contribution in [2.75, 3.05) is 43.4 Å². The minimum absolute atomic E-state index is 0.208. The van der Waals surface area contributed by atoms with E-state index >= 15 is 0 Å². The number of hydrogen-bond donors (Lipinski definition) is 1. The number of aryl methyl sites for hydroxylation is 1. The summed E-state index contributed by atoms with van der Waals surface area (Å²) in [6.45, 7) is 4.29. The van der Waals surface area contributed by atoms with E-state index in [2.05, 4.69) is 46.4 Å². The zero-order chi connectivity index (χ0) is 19.8. The first-order valence-electron chi connectivity index (χ1n) is 10.6. The van der Waals surface area contributed by atoms with Crippen LogP contribution in [0, 0.1) is 5.82 Å². The molecule has 2 heterocycles. The molecule has 5 heteroatoms. The van der Waals surface area contributed by atoms with E-state index in [4.69, 9.17) is 4.98 Å². The van der Waals surface area contributed by atoms with E-state index < -0.39 is 0 Å². The Labute approximate surface area is 171 Å². The molecule has 0 amide bonds. The maximum Gasteiger partial charge on any atom is 0.134 e. The number of aromatic nitrogens is 1. The van der Waals surface area contributed by atoms with Gasteiger partial charge < -0.3 is 15.1 Å². The Morgan fingerprint density at radius 2 is 1.69 bits per heavy atom. The van der Waals surface area contributed by atoms with Crippen LogP contribution in [-0.4, -0.2) is 43.1 Å². The van der Waals surface area contributed by atoms with Crippen molar-refractivity contribution in [2.24, 2.45) is 0 Å². The highest BCUT2D eigenvalue weighted by atomic mass is 19.1. The van der Waals surface area contributed by atoms with Crippen LogP contribution in [0.15, 0.2) is 42.5 Å². The van der Waals surface area contributed by atoms with Gasteiger partial charge in [0.2, 0.25) is 0 Å². The molecule has 1 aromatic heterocycles. The van der Waals surface area contributed by atoms with Crippen molar-refractivity contribution in [3.8, 4) is 0 Å². The first kappa shape index (κ1) is 18.4. The van der Waals surface area contributed by atoms with Crippen LogP contribution in [-0.2, 0) is 12.8 Å². The lowest BCUT2D eigenvalue weighted by Gasteiger charge is -2.34. The highest BCUT2D eigenvalue weighted by molar-refractivity contribution is 5.96. The third-order valence-electron chi connectivity index (χ3n) is 6.24. The van der Waals surface area contributed by atoms with E-state index in [1.807, 2.05) is 6.07 Å². The quantitative estimate of drug-likeness (QED) is 0.699. The fourth-order valence-corrected chi connectivity index (χ4v) is 4.53. The monoisotopic (exact) mass is 390 g/mol. The Balaban J connectivity index is 1.48. The molecule has 0 atom stereocenters. The molecule has 1 aliphatic carbocycles.